The largest absolute Gasteiger partial charge is 0.496 e. The Labute approximate surface area is 119 Å². The lowest BCUT2D eigenvalue weighted by Gasteiger charge is -2.11. The Balaban J connectivity index is 2.12. The predicted octanol–water partition coefficient (Wildman–Crippen LogP) is 4.12. The van der Waals surface area contributed by atoms with E-state index in [-0.39, 0.29) is 0 Å². The summed E-state index contributed by atoms with van der Waals surface area (Å²) in [6.07, 6.45) is 1.74. The van der Waals surface area contributed by atoms with Crippen molar-refractivity contribution in [2.45, 2.75) is 6.54 Å². The van der Waals surface area contributed by atoms with Gasteiger partial charge in [-0.3, -0.25) is 0 Å². The van der Waals surface area contributed by atoms with E-state index in [9.17, 15) is 0 Å². The SMILES string of the molecule is COc1cccc(Cl)c1CNc1ccc(Br)cn1. The van der Waals surface area contributed by atoms with E-state index in [0.717, 1.165) is 21.6 Å². The Morgan fingerprint density at radius 1 is 1.33 bits per heavy atom. The zero-order valence-corrected chi connectivity index (χ0v) is 12.1. The molecule has 0 saturated carbocycles. The fourth-order valence-corrected chi connectivity index (χ4v) is 2.03. The zero-order valence-electron chi connectivity index (χ0n) is 9.78. The van der Waals surface area contributed by atoms with E-state index in [2.05, 4.69) is 26.2 Å². The number of nitrogens with zero attached hydrogens (tertiary/aromatic N) is 1. The lowest BCUT2D eigenvalue weighted by molar-refractivity contribution is 0.410. The van der Waals surface area contributed by atoms with E-state index in [0.29, 0.717) is 11.6 Å². The summed E-state index contributed by atoms with van der Waals surface area (Å²) in [5.74, 6) is 1.56. The molecule has 5 heteroatoms. The first-order chi connectivity index (χ1) is 8.70. The number of hydrogen-bond donors (Lipinski definition) is 1. The van der Waals surface area contributed by atoms with Crippen LogP contribution in [0.4, 0.5) is 5.82 Å². The van der Waals surface area contributed by atoms with Crippen LogP contribution in [0.15, 0.2) is 41.0 Å². The Kier molecular flexibility index (Phi) is 4.44. The fraction of sp³-hybridized carbons (Fsp3) is 0.154. The molecule has 1 N–H and O–H groups in total. The molecule has 0 unspecified atom stereocenters. The van der Waals surface area contributed by atoms with Crippen LogP contribution in [0, 0.1) is 0 Å². The number of ether oxygens (including phenoxy) is 1. The summed E-state index contributed by atoms with van der Waals surface area (Å²) in [5.41, 5.74) is 0.923. The lowest BCUT2D eigenvalue weighted by Crippen LogP contribution is -2.03. The second kappa shape index (κ2) is 6.07. The van der Waals surface area contributed by atoms with Gasteiger partial charge in [-0.2, -0.15) is 0 Å². The molecule has 0 bridgehead atoms. The molecule has 1 heterocycles. The maximum Gasteiger partial charge on any atom is 0.126 e. The maximum atomic E-state index is 6.15. The van der Waals surface area contributed by atoms with Crippen LogP contribution in [-0.2, 0) is 6.54 Å². The maximum absolute atomic E-state index is 6.15. The van der Waals surface area contributed by atoms with Crippen LogP contribution in [0.25, 0.3) is 0 Å². The molecule has 3 nitrogen and oxygen atoms in total. The van der Waals surface area contributed by atoms with Crippen molar-refractivity contribution < 1.29 is 4.74 Å². The molecule has 0 radical (unpaired) electrons. The van der Waals surface area contributed by atoms with Crippen molar-refractivity contribution in [3.8, 4) is 5.75 Å². The number of hydrogen-bond acceptors (Lipinski definition) is 3. The number of nitrogens with one attached hydrogen (secondary N) is 1. The van der Waals surface area contributed by atoms with Crippen molar-refractivity contribution in [3.63, 3.8) is 0 Å². The Hall–Kier alpha value is -1.26. The third-order valence-electron chi connectivity index (χ3n) is 2.47. The van der Waals surface area contributed by atoms with Gasteiger partial charge in [-0.25, -0.2) is 4.98 Å². The number of pyridine rings is 1. The quantitative estimate of drug-likeness (QED) is 0.917. The van der Waals surface area contributed by atoms with Crippen molar-refractivity contribution in [2.24, 2.45) is 0 Å². The van der Waals surface area contributed by atoms with Gasteiger partial charge >= 0.3 is 0 Å². The Morgan fingerprint density at radius 2 is 2.17 bits per heavy atom. The molecular weight excluding hydrogens is 316 g/mol. The summed E-state index contributed by atoms with van der Waals surface area (Å²) in [4.78, 5) is 4.24. The van der Waals surface area contributed by atoms with Crippen molar-refractivity contribution in [1.82, 2.24) is 4.98 Å². The molecule has 0 fully saturated rings. The minimum Gasteiger partial charge on any atom is -0.496 e. The Bertz CT molecular complexity index is 531. The standard InChI is InChI=1S/C13H12BrClN2O/c1-18-12-4-2-3-11(15)10(12)8-17-13-6-5-9(14)7-16-13/h2-7H,8H2,1H3,(H,16,17). The third-order valence-corrected chi connectivity index (χ3v) is 3.29. The molecule has 0 aliphatic heterocycles. The van der Waals surface area contributed by atoms with Crippen LogP contribution >= 0.6 is 27.5 Å². The van der Waals surface area contributed by atoms with Crippen molar-refractivity contribution in [2.75, 3.05) is 12.4 Å². The summed E-state index contributed by atoms with van der Waals surface area (Å²) in [5, 5.41) is 3.89. The highest BCUT2D eigenvalue weighted by Gasteiger charge is 2.07. The first-order valence-electron chi connectivity index (χ1n) is 5.37. The highest BCUT2D eigenvalue weighted by molar-refractivity contribution is 9.10. The molecule has 2 rings (SSSR count). The van der Waals surface area contributed by atoms with Crippen LogP contribution in [-0.4, -0.2) is 12.1 Å². The van der Waals surface area contributed by atoms with Gasteiger partial charge in [0.1, 0.15) is 11.6 Å². The first kappa shape index (κ1) is 13.2. The van der Waals surface area contributed by atoms with Crippen LogP contribution in [0.2, 0.25) is 5.02 Å². The predicted molar refractivity (Wildman–Crippen MR) is 77.3 cm³/mol. The van der Waals surface area contributed by atoms with Gasteiger partial charge in [-0.05, 0) is 40.2 Å². The highest BCUT2D eigenvalue weighted by Crippen LogP contribution is 2.26. The molecule has 0 saturated heterocycles. The van der Waals surface area contributed by atoms with Crippen LogP contribution < -0.4 is 10.1 Å². The molecular formula is C13H12BrClN2O. The summed E-state index contributed by atoms with van der Waals surface area (Å²) < 4.78 is 6.23. The molecule has 18 heavy (non-hydrogen) atoms. The van der Waals surface area contributed by atoms with Crippen LogP contribution in [0.3, 0.4) is 0 Å². The van der Waals surface area contributed by atoms with Gasteiger partial charge in [0.25, 0.3) is 0 Å². The average molecular weight is 328 g/mol. The van der Waals surface area contributed by atoms with E-state index < -0.39 is 0 Å². The van der Waals surface area contributed by atoms with E-state index in [1.165, 1.54) is 0 Å². The van der Waals surface area contributed by atoms with E-state index in [1.807, 2.05) is 30.3 Å². The third kappa shape index (κ3) is 3.15. The van der Waals surface area contributed by atoms with Gasteiger partial charge in [0.2, 0.25) is 0 Å². The summed E-state index contributed by atoms with van der Waals surface area (Å²) in [6.45, 7) is 0.567. The molecule has 2 aromatic rings. The van der Waals surface area contributed by atoms with Gasteiger partial charge in [-0.15, -0.1) is 0 Å². The molecule has 0 amide bonds. The molecule has 1 aromatic heterocycles. The van der Waals surface area contributed by atoms with Crippen molar-refractivity contribution >= 4 is 33.3 Å². The monoisotopic (exact) mass is 326 g/mol. The van der Waals surface area contributed by atoms with E-state index >= 15 is 0 Å². The van der Waals surface area contributed by atoms with Crippen LogP contribution in [0.5, 0.6) is 5.75 Å². The highest BCUT2D eigenvalue weighted by atomic mass is 79.9. The Morgan fingerprint density at radius 3 is 2.83 bits per heavy atom. The van der Waals surface area contributed by atoms with Crippen molar-refractivity contribution in [3.05, 3.63) is 51.6 Å². The van der Waals surface area contributed by atoms with Gasteiger partial charge in [0.15, 0.2) is 0 Å². The summed E-state index contributed by atoms with van der Waals surface area (Å²) in [7, 11) is 1.63. The molecule has 0 atom stereocenters. The van der Waals surface area contributed by atoms with Gasteiger partial charge in [-0.1, -0.05) is 17.7 Å². The van der Waals surface area contributed by atoms with E-state index in [4.69, 9.17) is 16.3 Å². The summed E-state index contributed by atoms with van der Waals surface area (Å²) >= 11 is 9.50. The summed E-state index contributed by atoms with van der Waals surface area (Å²) in [6, 6.07) is 9.42. The number of benzene rings is 1. The van der Waals surface area contributed by atoms with Crippen molar-refractivity contribution in [1.29, 1.82) is 0 Å². The molecule has 0 aliphatic carbocycles. The lowest BCUT2D eigenvalue weighted by atomic mass is 10.2. The number of rotatable bonds is 4. The minimum absolute atomic E-state index is 0.567. The topological polar surface area (TPSA) is 34.1 Å². The second-order valence-corrected chi connectivity index (χ2v) is 4.96. The second-order valence-electron chi connectivity index (χ2n) is 3.64. The number of methoxy groups -OCH3 is 1. The zero-order chi connectivity index (χ0) is 13.0. The number of halogens is 2. The van der Waals surface area contributed by atoms with Gasteiger partial charge in [0.05, 0.1) is 7.11 Å². The number of anilines is 1. The van der Waals surface area contributed by atoms with Gasteiger partial charge in [0, 0.05) is 27.8 Å². The normalized spacial score (nSPS) is 10.2. The molecule has 94 valence electrons. The van der Waals surface area contributed by atoms with Crippen LogP contribution in [0.1, 0.15) is 5.56 Å². The first-order valence-corrected chi connectivity index (χ1v) is 6.54. The van der Waals surface area contributed by atoms with Gasteiger partial charge < -0.3 is 10.1 Å². The fourth-order valence-electron chi connectivity index (χ4n) is 1.56. The molecule has 1 aromatic carbocycles. The smallest absolute Gasteiger partial charge is 0.126 e. The average Bonchev–Trinajstić information content (AvgIpc) is 2.39. The molecule has 0 aliphatic rings. The molecule has 0 spiro atoms. The van der Waals surface area contributed by atoms with E-state index in [1.54, 1.807) is 13.3 Å². The number of aromatic nitrogens is 1. The minimum atomic E-state index is 0.567.